The van der Waals surface area contributed by atoms with Crippen molar-refractivity contribution in [3.8, 4) is 0 Å². The fraction of sp³-hybridized carbons (Fsp3) is 0.667. The molecule has 0 rings (SSSR count). The molecule has 0 fully saturated rings. The van der Waals surface area contributed by atoms with Gasteiger partial charge in [0.1, 0.15) is 0 Å². The SMILES string of the molecule is COC(C)=O.O.O.O.O.[Co]. The van der Waals surface area contributed by atoms with E-state index in [2.05, 4.69) is 4.74 Å². The summed E-state index contributed by atoms with van der Waals surface area (Å²) in [5.74, 6) is -0.245. The first-order valence-corrected chi connectivity index (χ1v) is 1.32. The van der Waals surface area contributed by atoms with Gasteiger partial charge in [0.25, 0.3) is 0 Å². The van der Waals surface area contributed by atoms with Gasteiger partial charge in [0, 0.05) is 23.7 Å². The third kappa shape index (κ3) is 110. The van der Waals surface area contributed by atoms with Gasteiger partial charge in [-0.05, 0) is 0 Å². The normalized spacial score (nSPS) is 3.40. The van der Waals surface area contributed by atoms with Gasteiger partial charge in [-0.2, -0.15) is 0 Å². The van der Waals surface area contributed by atoms with E-state index >= 15 is 0 Å². The molecular formula is C3H14CoO6. The number of carbonyl (C=O) groups is 1. The molecule has 71 valence electrons. The van der Waals surface area contributed by atoms with Crippen molar-refractivity contribution >= 4 is 5.97 Å². The summed E-state index contributed by atoms with van der Waals surface area (Å²) in [5.41, 5.74) is 0. The number of methoxy groups -OCH3 is 1. The van der Waals surface area contributed by atoms with Gasteiger partial charge in [-0.25, -0.2) is 0 Å². The van der Waals surface area contributed by atoms with Gasteiger partial charge in [-0.3, -0.25) is 4.79 Å². The molecule has 0 atom stereocenters. The molecule has 0 saturated carbocycles. The summed E-state index contributed by atoms with van der Waals surface area (Å²) in [5, 5.41) is 0. The van der Waals surface area contributed by atoms with Crippen molar-refractivity contribution in [2.75, 3.05) is 7.11 Å². The summed E-state index contributed by atoms with van der Waals surface area (Å²) >= 11 is 0. The summed E-state index contributed by atoms with van der Waals surface area (Å²) in [6.07, 6.45) is 0. The number of ether oxygens (including phenoxy) is 1. The van der Waals surface area contributed by atoms with Crippen molar-refractivity contribution in [3.05, 3.63) is 0 Å². The Hall–Kier alpha value is -0.184. The molecule has 0 aliphatic carbocycles. The van der Waals surface area contributed by atoms with E-state index in [4.69, 9.17) is 0 Å². The van der Waals surface area contributed by atoms with Crippen LogP contribution < -0.4 is 0 Å². The minimum atomic E-state index is -0.245. The van der Waals surface area contributed by atoms with Crippen molar-refractivity contribution in [1.82, 2.24) is 0 Å². The summed E-state index contributed by atoms with van der Waals surface area (Å²) in [6, 6.07) is 0. The molecule has 0 unspecified atom stereocenters. The Morgan fingerprint density at radius 1 is 1.10 bits per heavy atom. The second kappa shape index (κ2) is 37.0. The van der Waals surface area contributed by atoms with Crippen molar-refractivity contribution < 1.29 is 48.2 Å². The molecule has 7 heteroatoms. The Morgan fingerprint density at radius 2 is 1.20 bits per heavy atom. The first-order chi connectivity index (χ1) is 2.27. The molecule has 0 saturated heterocycles. The summed E-state index contributed by atoms with van der Waals surface area (Å²) in [6.45, 7) is 1.36. The fourth-order valence-corrected chi connectivity index (χ4v) is 0. The van der Waals surface area contributed by atoms with Gasteiger partial charge in [0.05, 0.1) is 7.11 Å². The fourth-order valence-electron chi connectivity index (χ4n) is 0. The van der Waals surface area contributed by atoms with Crippen LogP contribution in [0.5, 0.6) is 0 Å². The van der Waals surface area contributed by atoms with Crippen LogP contribution in [0.4, 0.5) is 0 Å². The van der Waals surface area contributed by atoms with E-state index in [0.717, 1.165) is 0 Å². The maximum atomic E-state index is 9.59. The second-order valence-electron chi connectivity index (χ2n) is 0.696. The van der Waals surface area contributed by atoms with Crippen molar-refractivity contribution in [2.24, 2.45) is 0 Å². The average molecular weight is 205 g/mol. The minimum absolute atomic E-state index is 0. The Morgan fingerprint density at radius 3 is 1.20 bits per heavy atom. The number of hydrogen-bond acceptors (Lipinski definition) is 2. The van der Waals surface area contributed by atoms with Gasteiger partial charge in [-0.15, -0.1) is 0 Å². The zero-order valence-corrected chi connectivity index (χ0v) is 6.69. The second-order valence-corrected chi connectivity index (χ2v) is 0.696. The van der Waals surface area contributed by atoms with Gasteiger partial charge in [0.2, 0.25) is 0 Å². The predicted molar refractivity (Wildman–Crippen MR) is 32.1 cm³/mol. The Bertz CT molecular complexity index is 48.3. The summed E-state index contributed by atoms with van der Waals surface area (Å²) < 4.78 is 4.11. The zero-order chi connectivity index (χ0) is 4.28. The van der Waals surface area contributed by atoms with Crippen LogP contribution in [0.3, 0.4) is 0 Å². The van der Waals surface area contributed by atoms with E-state index < -0.39 is 0 Å². The molecule has 0 aromatic carbocycles. The number of hydrogen-bond donors (Lipinski definition) is 0. The van der Waals surface area contributed by atoms with E-state index in [1.807, 2.05) is 0 Å². The molecule has 10 heavy (non-hydrogen) atoms. The van der Waals surface area contributed by atoms with Gasteiger partial charge < -0.3 is 26.6 Å². The quantitative estimate of drug-likeness (QED) is 0.384. The zero-order valence-electron chi connectivity index (χ0n) is 5.65. The maximum Gasteiger partial charge on any atom is 0.302 e. The molecule has 0 heterocycles. The van der Waals surface area contributed by atoms with Crippen molar-refractivity contribution in [3.63, 3.8) is 0 Å². The Balaban J connectivity index is -0.00000000800. The largest absolute Gasteiger partial charge is 0.469 e. The van der Waals surface area contributed by atoms with Crippen LogP contribution in [0.25, 0.3) is 0 Å². The van der Waals surface area contributed by atoms with Gasteiger partial charge >= 0.3 is 5.97 Å². The van der Waals surface area contributed by atoms with E-state index in [-0.39, 0.29) is 44.7 Å². The van der Waals surface area contributed by atoms with Crippen LogP contribution in [-0.2, 0) is 26.3 Å². The van der Waals surface area contributed by atoms with Crippen LogP contribution in [0.1, 0.15) is 6.92 Å². The number of esters is 1. The molecule has 0 amide bonds. The molecule has 0 bridgehead atoms. The number of rotatable bonds is 0. The first-order valence-electron chi connectivity index (χ1n) is 1.32. The van der Waals surface area contributed by atoms with E-state index in [1.165, 1.54) is 14.0 Å². The first kappa shape index (κ1) is 52.4. The van der Waals surface area contributed by atoms with Crippen molar-refractivity contribution in [1.29, 1.82) is 0 Å². The molecule has 1 radical (unpaired) electrons. The average Bonchev–Trinajstić information content (AvgIpc) is 1.38. The van der Waals surface area contributed by atoms with Crippen molar-refractivity contribution in [2.45, 2.75) is 6.92 Å². The molecule has 0 spiro atoms. The number of carbonyl (C=O) groups excluding carboxylic acids is 1. The molecule has 6 nitrogen and oxygen atoms in total. The minimum Gasteiger partial charge on any atom is -0.469 e. The van der Waals surface area contributed by atoms with Gasteiger partial charge in [0.15, 0.2) is 0 Å². The maximum absolute atomic E-state index is 9.59. The van der Waals surface area contributed by atoms with E-state index in [0.29, 0.717) is 0 Å². The third-order valence-electron chi connectivity index (χ3n) is 0.287. The summed E-state index contributed by atoms with van der Waals surface area (Å²) in [7, 11) is 1.35. The molecule has 0 aliphatic rings. The molecule has 0 aliphatic heterocycles. The van der Waals surface area contributed by atoms with Crippen LogP contribution in [0, 0.1) is 0 Å². The van der Waals surface area contributed by atoms with Crippen LogP contribution in [-0.4, -0.2) is 35.0 Å². The monoisotopic (exact) mass is 205 g/mol. The molecule has 8 N–H and O–H groups in total. The molecular weight excluding hydrogens is 191 g/mol. The molecule has 0 aromatic heterocycles. The third-order valence-corrected chi connectivity index (χ3v) is 0.287. The van der Waals surface area contributed by atoms with Crippen LogP contribution in [0.15, 0.2) is 0 Å². The van der Waals surface area contributed by atoms with E-state index in [1.54, 1.807) is 0 Å². The smallest absolute Gasteiger partial charge is 0.302 e. The van der Waals surface area contributed by atoms with Gasteiger partial charge in [-0.1, -0.05) is 0 Å². The predicted octanol–water partition coefficient (Wildman–Crippen LogP) is -3.12. The van der Waals surface area contributed by atoms with Crippen LogP contribution in [0.2, 0.25) is 0 Å². The standard InChI is InChI=1S/C3H6O2.Co.4H2O/c1-3(4)5-2;;;;;/h1-2H3;;4*1H2. The molecule has 0 aromatic rings. The topological polar surface area (TPSA) is 152 Å². The van der Waals surface area contributed by atoms with E-state index in [9.17, 15) is 4.79 Å². The summed E-state index contributed by atoms with van der Waals surface area (Å²) in [4.78, 5) is 9.59. The Labute approximate surface area is 69.0 Å². The van der Waals surface area contributed by atoms with Crippen LogP contribution >= 0.6 is 0 Å². The Kier molecular flexibility index (Phi) is 194.